The van der Waals surface area contributed by atoms with Gasteiger partial charge in [-0.1, -0.05) is 71.8 Å². The molecule has 5 aromatic carbocycles. The van der Waals surface area contributed by atoms with Crippen molar-refractivity contribution >= 4 is 62.0 Å². The zero-order valence-electron chi connectivity index (χ0n) is 32.0. The molecule has 2 aliphatic heterocycles. The number of amides is 4. The molecule has 4 aliphatic rings. The van der Waals surface area contributed by atoms with E-state index in [0.717, 1.165) is 21.7 Å². The minimum absolute atomic E-state index is 0.113. The number of para-hydroxylation sites is 2. The highest BCUT2D eigenvalue weighted by Gasteiger charge is 2.70. The molecule has 12 heteroatoms. The van der Waals surface area contributed by atoms with Crippen LogP contribution in [-0.2, 0) is 24.6 Å². The van der Waals surface area contributed by atoms with E-state index < -0.39 is 46.8 Å². The van der Waals surface area contributed by atoms with Crippen LogP contribution in [0, 0.1) is 30.6 Å². The number of aryl methyl sites for hydroxylation is 1. The van der Waals surface area contributed by atoms with E-state index in [1.807, 2.05) is 91.9 Å². The molecule has 3 fully saturated rings. The number of nitrogens with zero attached hydrogens (tertiary/aromatic N) is 3. The number of ether oxygens (including phenoxy) is 1. The number of anilines is 2. The van der Waals surface area contributed by atoms with Gasteiger partial charge < -0.3 is 14.3 Å². The Labute approximate surface area is 347 Å². The number of hydrazine groups is 1. The Bertz CT molecular complexity index is 2720. The number of benzene rings is 5. The number of hydrogen-bond acceptors (Lipinski definition) is 9. The molecule has 4 amide bonds. The number of rotatable bonds is 7. The van der Waals surface area contributed by atoms with E-state index in [9.17, 15) is 19.5 Å². The standard InChI is InChI=1S/C47H37BrN4O7/c1-25-12-16-29(17-13-25)50-52-44(55)34-24-33-31(40(27-22-35(48)41(53)38(23-27)58-2)47(34,46(52)57)28-8-4-3-5-9-28)20-21-32-39(33)45(56)51(43(32)54)30-18-14-26(15-19-30)42-49-36-10-6-7-11-37(36)59-42/h3-20,22-23,32-34,39-40,50,53H,21,24H2,1-2H3/t32-,33+,34-,39-,40-,47+/m0/s1. The normalized spacial score (nSPS) is 24.9. The van der Waals surface area contributed by atoms with Crippen molar-refractivity contribution in [2.75, 3.05) is 17.4 Å². The maximum absolute atomic E-state index is 15.5. The van der Waals surface area contributed by atoms with E-state index >= 15 is 4.79 Å². The lowest BCUT2D eigenvalue weighted by Crippen LogP contribution is -2.53. The Kier molecular flexibility index (Phi) is 8.60. The van der Waals surface area contributed by atoms with Crippen LogP contribution in [0.5, 0.6) is 11.5 Å². The molecule has 6 atom stereocenters. The van der Waals surface area contributed by atoms with Crippen molar-refractivity contribution in [1.29, 1.82) is 0 Å². The van der Waals surface area contributed by atoms with Crippen LogP contribution < -0.4 is 15.1 Å². The lowest BCUT2D eigenvalue weighted by Gasteiger charge is -2.50. The summed E-state index contributed by atoms with van der Waals surface area (Å²) in [5, 5.41) is 12.1. The predicted molar refractivity (Wildman–Crippen MR) is 223 cm³/mol. The summed E-state index contributed by atoms with van der Waals surface area (Å²) >= 11 is 3.51. The summed E-state index contributed by atoms with van der Waals surface area (Å²) in [6, 6.07) is 34.7. The van der Waals surface area contributed by atoms with Gasteiger partial charge in [-0.15, -0.1) is 0 Å². The molecule has 3 heterocycles. The van der Waals surface area contributed by atoms with E-state index in [2.05, 4.69) is 26.3 Å². The Morgan fingerprint density at radius 2 is 1.59 bits per heavy atom. The zero-order chi connectivity index (χ0) is 40.7. The van der Waals surface area contributed by atoms with Crippen LogP contribution in [0.4, 0.5) is 11.4 Å². The van der Waals surface area contributed by atoms with Gasteiger partial charge in [-0.25, -0.2) is 4.98 Å². The van der Waals surface area contributed by atoms with Crippen molar-refractivity contribution in [3.05, 3.63) is 148 Å². The summed E-state index contributed by atoms with van der Waals surface area (Å²) in [5.74, 6) is -4.83. The van der Waals surface area contributed by atoms with Crippen LogP contribution >= 0.6 is 15.9 Å². The Morgan fingerprint density at radius 1 is 0.864 bits per heavy atom. The Hall–Kier alpha value is -6.53. The molecule has 0 radical (unpaired) electrons. The average molecular weight is 850 g/mol. The van der Waals surface area contributed by atoms with Gasteiger partial charge in [-0.3, -0.25) is 29.5 Å². The molecule has 1 saturated carbocycles. The smallest absolute Gasteiger partial charge is 0.260 e. The van der Waals surface area contributed by atoms with Gasteiger partial charge in [-0.2, -0.15) is 5.01 Å². The fourth-order valence-electron chi connectivity index (χ4n) is 10.0. The molecule has 2 N–H and O–H groups in total. The number of allylic oxidation sites excluding steroid dienone is 2. The number of nitrogens with one attached hydrogen (secondary N) is 1. The summed E-state index contributed by atoms with van der Waals surface area (Å²) in [7, 11) is 1.45. The minimum atomic E-state index is -1.47. The molecule has 0 unspecified atom stereocenters. The third kappa shape index (κ3) is 5.49. The number of hydrogen-bond donors (Lipinski definition) is 2. The van der Waals surface area contributed by atoms with E-state index in [1.54, 1.807) is 36.4 Å². The molecule has 2 aliphatic carbocycles. The van der Waals surface area contributed by atoms with Gasteiger partial charge >= 0.3 is 0 Å². The summed E-state index contributed by atoms with van der Waals surface area (Å²) in [5.41, 5.74) is 7.78. The molecule has 1 aromatic heterocycles. The van der Waals surface area contributed by atoms with Gasteiger partial charge in [0.15, 0.2) is 17.1 Å². The first-order chi connectivity index (χ1) is 28.6. The molecule has 294 valence electrons. The van der Waals surface area contributed by atoms with E-state index in [0.29, 0.717) is 44.0 Å². The van der Waals surface area contributed by atoms with Crippen LogP contribution in [-0.4, -0.2) is 45.8 Å². The minimum Gasteiger partial charge on any atom is -0.503 e. The van der Waals surface area contributed by atoms with E-state index in [-0.39, 0.29) is 36.2 Å². The third-order valence-electron chi connectivity index (χ3n) is 12.7. The van der Waals surface area contributed by atoms with E-state index in [1.165, 1.54) is 12.0 Å². The topological polar surface area (TPSA) is 142 Å². The number of oxazole rings is 1. The number of methoxy groups -OCH3 is 1. The Balaban J connectivity index is 1.09. The second kappa shape index (κ2) is 13.8. The first-order valence-corrected chi connectivity index (χ1v) is 20.3. The van der Waals surface area contributed by atoms with Crippen molar-refractivity contribution in [2.24, 2.45) is 23.7 Å². The molecular formula is C47H37BrN4O7. The lowest BCUT2D eigenvalue weighted by atomic mass is 9.49. The van der Waals surface area contributed by atoms with Crippen LogP contribution in [0.2, 0.25) is 0 Å². The first kappa shape index (κ1) is 36.8. The van der Waals surface area contributed by atoms with Gasteiger partial charge in [0.2, 0.25) is 17.7 Å². The molecule has 11 nitrogen and oxygen atoms in total. The molecule has 0 spiro atoms. The molecule has 6 aromatic rings. The number of carbonyl (C=O) groups excluding carboxylic acids is 4. The summed E-state index contributed by atoms with van der Waals surface area (Å²) < 4.78 is 11.9. The monoisotopic (exact) mass is 848 g/mol. The van der Waals surface area contributed by atoms with Crippen LogP contribution in [0.3, 0.4) is 0 Å². The summed E-state index contributed by atoms with van der Waals surface area (Å²) in [4.78, 5) is 65.5. The fraction of sp³-hybridized carbons (Fsp3) is 0.213. The Morgan fingerprint density at radius 3 is 2.32 bits per heavy atom. The second-order valence-corrected chi connectivity index (χ2v) is 16.5. The highest BCUT2D eigenvalue weighted by atomic mass is 79.9. The number of aromatic hydroxyl groups is 1. The van der Waals surface area contributed by atoms with Crippen LogP contribution in [0.25, 0.3) is 22.6 Å². The molecule has 2 saturated heterocycles. The number of fused-ring (bicyclic) bond motifs is 5. The van der Waals surface area contributed by atoms with Gasteiger partial charge in [0.1, 0.15) is 5.52 Å². The number of phenols is 1. The van der Waals surface area contributed by atoms with Crippen molar-refractivity contribution < 1.29 is 33.4 Å². The molecule has 59 heavy (non-hydrogen) atoms. The summed E-state index contributed by atoms with van der Waals surface area (Å²) in [6.45, 7) is 1.96. The van der Waals surface area contributed by atoms with Crippen molar-refractivity contribution in [1.82, 2.24) is 9.99 Å². The van der Waals surface area contributed by atoms with Gasteiger partial charge in [0, 0.05) is 11.5 Å². The van der Waals surface area contributed by atoms with Gasteiger partial charge in [0.25, 0.3) is 11.8 Å². The number of aromatic nitrogens is 1. The maximum atomic E-state index is 15.5. The largest absolute Gasteiger partial charge is 0.503 e. The highest BCUT2D eigenvalue weighted by molar-refractivity contribution is 9.10. The van der Waals surface area contributed by atoms with Crippen LogP contribution in [0.1, 0.15) is 35.4 Å². The maximum Gasteiger partial charge on any atom is 0.260 e. The van der Waals surface area contributed by atoms with Crippen molar-refractivity contribution in [2.45, 2.75) is 31.1 Å². The molecule has 10 rings (SSSR count). The number of phenolic OH excluding ortho intramolecular Hbond substituents is 1. The molecular weight excluding hydrogens is 812 g/mol. The van der Waals surface area contributed by atoms with Gasteiger partial charge in [-0.05, 0) is 113 Å². The molecule has 0 bridgehead atoms. The number of imide groups is 2. The SMILES string of the molecule is COc1cc([C@H]2C3=CC[C@@H]4C(=O)N(c5ccc(-c6nc7ccccc7o6)cc5)C(=O)[C@@H]4[C@@H]3C[C@H]3C(=O)N(Nc4ccc(C)cc4)C(=O)[C@@]23c2ccccc2)cc(Br)c1O. The first-order valence-electron chi connectivity index (χ1n) is 19.5. The van der Waals surface area contributed by atoms with Gasteiger partial charge in [0.05, 0.1) is 46.1 Å². The zero-order valence-corrected chi connectivity index (χ0v) is 33.6. The summed E-state index contributed by atoms with van der Waals surface area (Å²) in [6.07, 6.45) is 2.41. The third-order valence-corrected chi connectivity index (χ3v) is 13.3. The van der Waals surface area contributed by atoms with Crippen molar-refractivity contribution in [3.8, 4) is 23.0 Å². The van der Waals surface area contributed by atoms with Crippen LogP contribution in [0.15, 0.2) is 136 Å². The fourth-order valence-corrected chi connectivity index (χ4v) is 10.5. The number of halogens is 1. The quantitative estimate of drug-likeness (QED) is 0.120. The lowest BCUT2D eigenvalue weighted by molar-refractivity contribution is -0.138. The highest BCUT2D eigenvalue weighted by Crippen LogP contribution is 2.64. The predicted octanol–water partition coefficient (Wildman–Crippen LogP) is 8.47. The van der Waals surface area contributed by atoms with Crippen molar-refractivity contribution in [3.63, 3.8) is 0 Å². The number of carbonyl (C=O) groups is 4. The van der Waals surface area contributed by atoms with E-state index in [4.69, 9.17) is 9.15 Å². The second-order valence-electron chi connectivity index (χ2n) is 15.7. The average Bonchev–Trinajstić information content (AvgIpc) is 3.87.